The SMILES string of the molecule is CC(N)C(C)C(=O)N1CCCC1C(=O)O. The van der Waals surface area contributed by atoms with Crippen molar-refractivity contribution in [3.8, 4) is 0 Å². The van der Waals surface area contributed by atoms with Gasteiger partial charge in [0.2, 0.25) is 5.91 Å². The number of carboxylic acids is 1. The molecule has 0 aliphatic carbocycles. The minimum atomic E-state index is -0.919. The van der Waals surface area contributed by atoms with Crippen LogP contribution < -0.4 is 5.73 Å². The van der Waals surface area contributed by atoms with E-state index in [1.54, 1.807) is 13.8 Å². The number of likely N-dealkylation sites (tertiary alicyclic amines) is 1. The van der Waals surface area contributed by atoms with Crippen LogP contribution in [0.25, 0.3) is 0 Å². The number of nitrogens with two attached hydrogens (primary N) is 1. The van der Waals surface area contributed by atoms with Crippen molar-refractivity contribution in [3.05, 3.63) is 0 Å². The molecule has 1 rings (SSSR count). The first-order chi connectivity index (χ1) is 6.95. The van der Waals surface area contributed by atoms with E-state index in [-0.39, 0.29) is 17.9 Å². The van der Waals surface area contributed by atoms with Crippen molar-refractivity contribution in [1.29, 1.82) is 0 Å². The van der Waals surface area contributed by atoms with Crippen LogP contribution in [0.2, 0.25) is 0 Å². The van der Waals surface area contributed by atoms with E-state index < -0.39 is 12.0 Å². The van der Waals surface area contributed by atoms with E-state index in [4.69, 9.17) is 10.8 Å². The van der Waals surface area contributed by atoms with Crippen molar-refractivity contribution in [2.24, 2.45) is 11.7 Å². The quantitative estimate of drug-likeness (QED) is 0.695. The predicted octanol–water partition coefficient (Wildman–Crippen LogP) is 0.0453. The van der Waals surface area contributed by atoms with Gasteiger partial charge in [0.05, 0.1) is 5.92 Å². The Hall–Kier alpha value is -1.10. The fourth-order valence-electron chi connectivity index (χ4n) is 1.77. The van der Waals surface area contributed by atoms with Crippen molar-refractivity contribution < 1.29 is 14.7 Å². The second-order valence-electron chi connectivity index (χ2n) is 4.18. The van der Waals surface area contributed by atoms with Gasteiger partial charge >= 0.3 is 5.97 Å². The van der Waals surface area contributed by atoms with E-state index in [1.165, 1.54) is 4.90 Å². The number of rotatable bonds is 3. The Bertz CT molecular complexity index is 265. The maximum Gasteiger partial charge on any atom is 0.326 e. The summed E-state index contributed by atoms with van der Waals surface area (Å²) >= 11 is 0. The smallest absolute Gasteiger partial charge is 0.326 e. The minimum absolute atomic E-state index is 0.144. The van der Waals surface area contributed by atoms with Crippen LogP contribution in [-0.2, 0) is 9.59 Å². The number of hydrogen-bond donors (Lipinski definition) is 2. The number of carboxylic acid groups (broad SMARTS) is 1. The van der Waals surface area contributed by atoms with Crippen molar-refractivity contribution in [2.45, 2.75) is 38.8 Å². The maximum atomic E-state index is 11.9. The molecule has 0 aromatic rings. The van der Waals surface area contributed by atoms with Gasteiger partial charge in [-0.25, -0.2) is 4.79 Å². The zero-order valence-corrected chi connectivity index (χ0v) is 9.14. The highest BCUT2D eigenvalue weighted by molar-refractivity contribution is 5.85. The highest BCUT2D eigenvalue weighted by Gasteiger charge is 2.36. The molecule has 0 spiro atoms. The number of carbonyl (C=O) groups excluding carboxylic acids is 1. The Morgan fingerprint density at radius 3 is 2.53 bits per heavy atom. The third kappa shape index (κ3) is 2.47. The summed E-state index contributed by atoms with van der Waals surface area (Å²) in [4.78, 5) is 24.2. The first-order valence-corrected chi connectivity index (χ1v) is 5.24. The molecule has 1 heterocycles. The van der Waals surface area contributed by atoms with Gasteiger partial charge in [-0.2, -0.15) is 0 Å². The molecular weight excluding hydrogens is 196 g/mol. The monoisotopic (exact) mass is 214 g/mol. The van der Waals surface area contributed by atoms with Crippen LogP contribution in [0.15, 0.2) is 0 Å². The van der Waals surface area contributed by atoms with Gasteiger partial charge in [-0.15, -0.1) is 0 Å². The van der Waals surface area contributed by atoms with Crippen LogP contribution in [0.5, 0.6) is 0 Å². The minimum Gasteiger partial charge on any atom is -0.480 e. The summed E-state index contributed by atoms with van der Waals surface area (Å²) in [6, 6.07) is -0.897. The molecule has 1 aliphatic rings. The summed E-state index contributed by atoms with van der Waals surface area (Å²) < 4.78 is 0. The van der Waals surface area contributed by atoms with Crippen LogP contribution in [0.1, 0.15) is 26.7 Å². The average molecular weight is 214 g/mol. The highest BCUT2D eigenvalue weighted by atomic mass is 16.4. The second kappa shape index (κ2) is 4.61. The van der Waals surface area contributed by atoms with E-state index >= 15 is 0 Å². The highest BCUT2D eigenvalue weighted by Crippen LogP contribution is 2.20. The van der Waals surface area contributed by atoms with Crippen LogP contribution >= 0.6 is 0 Å². The predicted molar refractivity (Wildman–Crippen MR) is 55.2 cm³/mol. The molecule has 1 saturated heterocycles. The first-order valence-electron chi connectivity index (χ1n) is 5.24. The summed E-state index contributed by atoms with van der Waals surface area (Å²) in [6.07, 6.45) is 1.31. The van der Waals surface area contributed by atoms with Crippen molar-refractivity contribution in [1.82, 2.24) is 4.90 Å². The zero-order valence-electron chi connectivity index (χ0n) is 9.14. The van der Waals surface area contributed by atoms with Gasteiger partial charge in [-0.3, -0.25) is 4.79 Å². The number of nitrogens with zero attached hydrogens (tertiary/aromatic N) is 1. The molecule has 0 bridgehead atoms. The molecule has 0 saturated carbocycles. The van der Waals surface area contributed by atoms with Gasteiger partial charge in [0.1, 0.15) is 6.04 Å². The largest absolute Gasteiger partial charge is 0.480 e. The molecule has 3 atom stereocenters. The lowest BCUT2D eigenvalue weighted by atomic mass is 10.0. The molecule has 15 heavy (non-hydrogen) atoms. The summed E-state index contributed by atoms with van der Waals surface area (Å²) in [7, 11) is 0. The summed E-state index contributed by atoms with van der Waals surface area (Å²) in [5.41, 5.74) is 5.63. The van der Waals surface area contributed by atoms with E-state index in [0.29, 0.717) is 13.0 Å². The summed E-state index contributed by atoms with van der Waals surface area (Å²) in [6.45, 7) is 4.03. The van der Waals surface area contributed by atoms with E-state index in [0.717, 1.165) is 6.42 Å². The lowest BCUT2D eigenvalue weighted by Gasteiger charge is -2.26. The van der Waals surface area contributed by atoms with Gasteiger partial charge in [-0.1, -0.05) is 6.92 Å². The van der Waals surface area contributed by atoms with Crippen LogP contribution in [-0.4, -0.2) is 40.5 Å². The molecule has 5 nitrogen and oxygen atoms in total. The van der Waals surface area contributed by atoms with Gasteiger partial charge in [0.25, 0.3) is 0 Å². The van der Waals surface area contributed by atoms with Gasteiger partial charge < -0.3 is 15.7 Å². The maximum absolute atomic E-state index is 11.9. The first kappa shape index (κ1) is 12.0. The van der Waals surface area contributed by atoms with Gasteiger partial charge in [0.15, 0.2) is 0 Å². The Balaban J connectivity index is 2.70. The van der Waals surface area contributed by atoms with Crippen molar-refractivity contribution >= 4 is 11.9 Å². The topological polar surface area (TPSA) is 83.6 Å². The van der Waals surface area contributed by atoms with E-state index in [9.17, 15) is 9.59 Å². The standard InChI is InChI=1S/C10H18N2O3/c1-6(7(2)11)9(13)12-5-3-4-8(12)10(14)15/h6-8H,3-5,11H2,1-2H3,(H,14,15). The molecular formula is C10H18N2O3. The van der Waals surface area contributed by atoms with E-state index in [2.05, 4.69) is 0 Å². The van der Waals surface area contributed by atoms with Crippen LogP contribution in [0, 0.1) is 5.92 Å². The second-order valence-corrected chi connectivity index (χ2v) is 4.18. The Morgan fingerprint density at radius 2 is 2.07 bits per heavy atom. The molecule has 5 heteroatoms. The fourth-order valence-corrected chi connectivity index (χ4v) is 1.77. The molecule has 1 aliphatic heterocycles. The molecule has 1 amide bonds. The fraction of sp³-hybridized carbons (Fsp3) is 0.800. The van der Waals surface area contributed by atoms with Gasteiger partial charge in [-0.05, 0) is 19.8 Å². The average Bonchev–Trinajstić information content (AvgIpc) is 2.63. The van der Waals surface area contributed by atoms with Gasteiger partial charge in [0, 0.05) is 12.6 Å². The zero-order chi connectivity index (χ0) is 11.6. The molecule has 0 aromatic carbocycles. The lowest BCUT2D eigenvalue weighted by molar-refractivity contribution is -0.149. The normalized spacial score (nSPS) is 25.0. The number of aliphatic carboxylic acids is 1. The third-order valence-electron chi connectivity index (χ3n) is 3.00. The van der Waals surface area contributed by atoms with Crippen molar-refractivity contribution in [3.63, 3.8) is 0 Å². The number of amides is 1. The Kier molecular flexibility index (Phi) is 3.68. The molecule has 3 unspecified atom stereocenters. The summed E-state index contributed by atoms with van der Waals surface area (Å²) in [5.74, 6) is -1.38. The molecule has 3 N–H and O–H groups in total. The number of carbonyl (C=O) groups is 2. The Morgan fingerprint density at radius 1 is 1.47 bits per heavy atom. The number of hydrogen-bond acceptors (Lipinski definition) is 3. The molecule has 1 fully saturated rings. The molecule has 86 valence electrons. The van der Waals surface area contributed by atoms with E-state index in [1.807, 2.05) is 0 Å². The lowest BCUT2D eigenvalue weighted by Crippen LogP contribution is -2.46. The molecule has 0 radical (unpaired) electrons. The van der Waals surface area contributed by atoms with Crippen molar-refractivity contribution in [2.75, 3.05) is 6.54 Å². The third-order valence-corrected chi connectivity index (χ3v) is 3.00. The van der Waals surface area contributed by atoms with Crippen LogP contribution in [0.3, 0.4) is 0 Å². The van der Waals surface area contributed by atoms with Crippen LogP contribution in [0.4, 0.5) is 0 Å². The molecule has 0 aromatic heterocycles. The summed E-state index contributed by atoms with van der Waals surface area (Å²) in [5, 5.41) is 8.93. The Labute approximate surface area is 89.2 Å².